The number of hydrogen-bond acceptors (Lipinski definition) is 3. The van der Waals surface area contributed by atoms with Crippen LogP contribution < -0.4 is 0 Å². The van der Waals surface area contributed by atoms with Crippen LogP contribution in [0.1, 0.15) is 20.8 Å². The first kappa shape index (κ1) is 9.98. The quantitative estimate of drug-likeness (QED) is 0.586. The molecule has 0 spiro atoms. The van der Waals surface area contributed by atoms with Crippen molar-refractivity contribution < 1.29 is 14.7 Å². The SMILES string of the molecule is CC(C)(C)N1CC(=O)N(CO)C1=O. The van der Waals surface area contributed by atoms with Crippen LogP contribution in [-0.2, 0) is 4.79 Å². The summed E-state index contributed by atoms with van der Waals surface area (Å²) in [5, 5.41) is 8.75. The second-order valence-electron chi connectivity index (χ2n) is 4.00. The lowest BCUT2D eigenvalue weighted by Crippen LogP contribution is -2.44. The van der Waals surface area contributed by atoms with Crippen molar-refractivity contribution in [2.24, 2.45) is 0 Å². The van der Waals surface area contributed by atoms with Crippen molar-refractivity contribution in [2.45, 2.75) is 26.3 Å². The topological polar surface area (TPSA) is 60.9 Å². The summed E-state index contributed by atoms with van der Waals surface area (Å²) in [5.74, 6) is -0.345. The summed E-state index contributed by atoms with van der Waals surface area (Å²) in [4.78, 5) is 24.9. The average Bonchev–Trinajstić information content (AvgIpc) is 2.25. The summed E-state index contributed by atoms with van der Waals surface area (Å²) in [6.45, 7) is 5.06. The van der Waals surface area contributed by atoms with E-state index in [2.05, 4.69) is 0 Å². The first-order valence-electron chi connectivity index (χ1n) is 4.10. The molecule has 1 fully saturated rings. The lowest BCUT2D eigenvalue weighted by Gasteiger charge is -2.30. The highest BCUT2D eigenvalue weighted by atomic mass is 16.3. The van der Waals surface area contributed by atoms with E-state index in [4.69, 9.17) is 5.11 Å². The summed E-state index contributed by atoms with van der Waals surface area (Å²) in [5.41, 5.74) is -0.378. The number of nitrogens with zero attached hydrogens (tertiary/aromatic N) is 2. The largest absolute Gasteiger partial charge is 0.376 e. The Morgan fingerprint density at radius 1 is 1.38 bits per heavy atom. The minimum atomic E-state index is -0.537. The maximum atomic E-state index is 11.5. The first-order valence-corrected chi connectivity index (χ1v) is 4.10. The Balaban J connectivity index is 2.85. The number of carbonyl (C=O) groups excluding carboxylic acids is 2. The van der Waals surface area contributed by atoms with E-state index in [1.165, 1.54) is 4.90 Å². The van der Waals surface area contributed by atoms with Crippen molar-refractivity contribution in [2.75, 3.05) is 13.3 Å². The summed E-state index contributed by atoms with van der Waals surface area (Å²) in [6.07, 6.45) is 0. The van der Waals surface area contributed by atoms with Crippen LogP contribution in [-0.4, -0.2) is 45.7 Å². The van der Waals surface area contributed by atoms with E-state index in [1.807, 2.05) is 20.8 Å². The van der Waals surface area contributed by atoms with E-state index in [1.54, 1.807) is 0 Å². The van der Waals surface area contributed by atoms with Crippen LogP contribution >= 0.6 is 0 Å². The Labute approximate surface area is 76.9 Å². The van der Waals surface area contributed by atoms with Crippen molar-refractivity contribution in [3.05, 3.63) is 0 Å². The van der Waals surface area contributed by atoms with Crippen LogP contribution in [0.15, 0.2) is 0 Å². The van der Waals surface area contributed by atoms with E-state index < -0.39 is 12.8 Å². The Hall–Kier alpha value is -1.10. The van der Waals surface area contributed by atoms with Crippen LogP contribution in [0.4, 0.5) is 4.79 Å². The molecule has 0 atom stereocenters. The fraction of sp³-hybridized carbons (Fsp3) is 0.750. The maximum absolute atomic E-state index is 11.5. The normalized spacial score (nSPS) is 18.8. The molecule has 5 heteroatoms. The second-order valence-corrected chi connectivity index (χ2v) is 4.00. The molecule has 0 aromatic carbocycles. The standard InChI is InChI=1S/C8H14N2O3/c1-8(2,3)10-4-6(12)9(5-11)7(10)13/h11H,4-5H2,1-3H3. The molecule has 0 saturated carbocycles. The average molecular weight is 186 g/mol. The third-order valence-electron chi connectivity index (χ3n) is 2.01. The van der Waals surface area contributed by atoms with Crippen LogP contribution in [0.3, 0.4) is 0 Å². The van der Waals surface area contributed by atoms with Crippen LogP contribution in [0.25, 0.3) is 0 Å². The van der Waals surface area contributed by atoms with Gasteiger partial charge in [-0.2, -0.15) is 0 Å². The molecule has 1 heterocycles. The fourth-order valence-electron chi connectivity index (χ4n) is 1.20. The van der Waals surface area contributed by atoms with Crippen molar-refractivity contribution in [1.29, 1.82) is 0 Å². The summed E-state index contributed by atoms with van der Waals surface area (Å²) < 4.78 is 0. The molecule has 74 valence electrons. The molecule has 5 nitrogen and oxygen atoms in total. The third kappa shape index (κ3) is 1.65. The molecular formula is C8H14N2O3. The van der Waals surface area contributed by atoms with Gasteiger partial charge in [0.05, 0.1) is 0 Å². The molecule has 0 aliphatic carbocycles. The van der Waals surface area contributed by atoms with E-state index in [0.717, 1.165) is 4.90 Å². The minimum absolute atomic E-state index is 0.0584. The zero-order chi connectivity index (χ0) is 10.2. The van der Waals surface area contributed by atoms with Gasteiger partial charge in [0.25, 0.3) is 5.91 Å². The molecule has 3 amide bonds. The van der Waals surface area contributed by atoms with Gasteiger partial charge in [0, 0.05) is 5.54 Å². The maximum Gasteiger partial charge on any atom is 0.329 e. The van der Waals surface area contributed by atoms with Gasteiger partial charge in [-0.3, -0.25) is 4.79 Å². The number of amides is 3. The Kier molecular flexibility index (Phi) is 2.30. The lowest BCUT2D eigenvalue weighted by molar-refractivity contribution is -0.127. The minimum Gasteiger partial charge on any atom is -0.376 e. The van der Waals surface area contributed by atoms with E-state index >= 15 is 0 Å². The molecular weight excluding hydrogens is 172 g/mol. The van der Waals surface area contributed by atoms with Crippen molar-refractivity contribution in [3.63, 3.8) is 0 Å². The van der Waals surface area contributed by atoms with Crippen molar-refractivity contribution in [3.8, 4) is 0 Å². The van der Waals surface area contributed by atoms with Gasteiger partial charge in [0.2, 0.25) is 0 Å². The third-order valence-corrected chi connectivity index (χ3v) is 2.01. The molecule has 1 aliphatic heterocycles. The number of hydrogen-bond donors (Lipinski definition) is 1. The number of aliphatic hydroxyl groups is 1. The van der Waals surface area contributed by atoms with Gasteiger partial charge in [-0.05, 0) is 20.8 Å². The number of imide groups is 1. The zero-order valence-electron chi connectivity index (χ0n) is 8.07. The molecule has 0 radical (unpaired) electrons. The van der Waals surface area contributed by atoms with Crippen molar-refractivity contribution >= 4 is 11.9 Å². The van der Waals surface area contributed by atoms with Gasteiger partial charge in [-0.1, -0.05) is 0 Å². The van der Waals surface area contributed by atoms with Gasteiger partial charge in [0.15, 0.2) is 0 Å². The summed E-state index contributed by atoms with van der Waals surface area (Å²) >= 11 is 0. The van der Waals surface area contributed by atoms with E-state index in [0.29, 0.717) is 0 Å². The van der Waals surface area contributed by atoms with Crippen LogP contribution in [0.2, 0.25) is 0 Å². The smallest absolute Gasteiger partial charge is 0.329 e. The highest BCUT2D eigenvalue weighted by Gasteiger charge is 2.40. The van der Waals surface area contributed by atoms with Gasteiger partial charge in [-0.25, -0.2) is 9.69 Å². The molecule has 0 aromatic heterocycles. The highest BCUT2D eigenvalue weighted by Crippen LogP contribution is 2.20. The Morgan fingerprint density at radius 2 is 1.92 bits per heavy atom. The molecule has 13 heavy (non-hydrogen) atoms. The summed E-state index contributed by atoms with van der Waals surface area (Å²) in [7, 11) is 0. The summed E-state index contributed by atoms with van der Waals surface area (Å²) in [6, 6.07) is -0.417. The molecule has 0 unspecified atom stereocenters. The van der Waals surface area contributed by atoms with Crippen LogP contribution in [0.5, 0.6) is 0 Å². The molecule has 1 rings (SSSR count). The van der Waals surface area contributed by atoms with Gasteiger partial charge in [0.1, 0.15) is 13.3 Å². The predicted molar refractivity (Wildman–Crippen MR) is 45.8 cm³/mol. The monoisotopic (exact) mass is 186 g/mol. The Bertz CT molecular complexity index is 244. The first-order chi connectivity index (χ1) is 5.88. The van der Waals surface area contributed by atoms with Gasteiger partial charge >= 0.3 is 6.03 Å². The molecule has 1 saturated heterocycles. The fourth-order valence-corrected chi connectivity index (χ4v) is 1.20. The van der Waals surface area contributed by atoms with E-state index in [-0.39, 0.29) is 18.0 Å². The van der Waals surface area contributed by atoms with Gasteiger partial charge < -0.3 is 10.0 Å². The number of carbonyl (C=O) groups is 2. The Morgan fingerprint density at radius 3 is 2.15 bits per heavy atom. The number of urea groups is 1. The van der Waals surface area contributed by atoms with Crippen molar-refractivity contribution in [1.82, 2.24) is 9.80 Å². The van der Waals surface area contributed by atoms with E-state index in [9.17, 15) is 9.59 Å². The van der Waals surface area contributed by atoms with Gasteiger partial charge in [-0.15, -0.1) is 0 Å². The van der Waals surface area contributed by atoms with Crippen LogP contribution in [0, 0.1) is 0 Å². The molecule has 0 aromatic rings. The molecule has 1 aliphatic rings. The number of aliphatic hydroxyl groups excluding tert-OH is 1. The highest BCUT2D eigenvalue weighted by molar-refractivity contribution is 6.02. The molecule has 1 N–H and O–H groups in total. The molecule has 0 bridgehead atoms. The second kappa shape index (κ2) is 2.99. The number of rotatable bonds is 1. The predicted octanol–water partition coefficient (Wildman–Crippen LogP) is -0.00110. The zero-order valence-corrected chi connectivity index (χ0v) is 8.07. The lowest BCUT2D eigenvalue weighted by atomic mass is 10.1.